The third-order valence-electron chi connectivity index (χ3n) is 2.30. The van der Waals surface area contributed by atoms with E-state index in [2.05, 4.69) is 26.2 Å². The minimum absolute atomic E-state index is 0.775. The Morgan fingerprint density at radius 1 is 1.47 bits per heavy atom. The lowest BCUT2D eigenvalue weighted by atomic mass is 10.3. The van der Waals surface area contributed by atoms with Gasteiger partial charge in [-0.3, -0.25) is 0 Å². The lowest BCUT2D eigenvalue weighted by Crippen LogP contribution is -1.98. The number of benzene rings is 1. The molecule has 1 heterocycles. The lowest BCUT2D eigenvalue weighted by Gasteiger charge is -2.09. The minimum atomic E-state index is 0.775. The van der Waals surface area contributed by atoms with Crippen molar-refractivity contribution >= 4 is 33.0 Å². The molecule has 90 valence electrons. The van der Waals surface area contributed by atoms with Gasteiger partial charge in [0.1, 0.15) is 5.75 Å². The fourth-order valence-electron chi connectivity index (χ4n) is 1.44. The summed E-state index contributed by atoms with van der Waals surface area (Å²) < 4.78 is 6.22. The molecule has 17 heavy (non-hydrogen) atoms. The summed E-state index contributed by atoms with van der Waals surface area (Å²) >= 11 is 5.21. The monoisotopic (exact) mass is 312 g/mol. The number of thiazole rings is 1. The van der Waals surface area contributed by atoms with Crippen LogP contribution in [0.25, 0.3) is 0 Å². The highest BCUT2D eigenvalue weighted by Gasteiger charge is 2.03. The topological polar surface area (TPSA) is 34.1 Å². The van der Waals surface area contributed by atoms with Crippen LogP contribution < -0.4 is 10.1 Å². The number of ether oxygens (including phenoxy) is 1. The number of hydrogen-bond acceptors (Lipinski definition) is 4. The van der Waals surface area contributed by atoms with Crippen molar-refractivity contribution in [3.8, 4) is 5.75 Å². The van der Waals surface area contributed by atoms with Gasteiger partial charge in [0.25, 0.3) is 0 Å². The molecule has 0 atom stereocenters. The quantitative estimate of drug-likeness (QED) is 0.931. The molecule has 0 saturated heterocycles. The van der Waals surface area contributed by atoms with Crippen LogP contribution in [-0.2, 0) is 6.54 Å². The Hall–Kier alpha value is -1.07. The lowest BCUT2D eigenvalue weighted by molar-refractivity contribution is 0.415. The van der Waals surface area contributed by atoms with Crippen LogP contribution >= 0.6 is 27.3 Å². The summed E-state index contributed by atoms with van der Waals surface area (Å²) in [6.45, 7) is 2.78. The van der Waals surface area contributed by atoms with Gasteiger partial charge in [0, 0.05) is 21.6 Å². The molecule has 0 unspecified atom stereocenters. The van der Waals surface area contributed by atoms with Gasteiger partial charge in [-0.15, -0.1) is 11.3 Å². The Balaban J connectivity index is 2.07. The Morgan fingerprint density at radius 2 is 2.29 bits per heavy atom. The Morgan fingerprint density at radius 3 is 2.94 bits per heavy atom. The van der Waals surface area contributed by atoms with E-state index in [1.807, 2.05) is 31.3 Å². The number of hydrogen-bond donors (Lipinski definition) is 1. The summed E-state index contributed by atoms with van der Waals surface area (Å²) in [5.74, 6) is 0.844. The van der Waals surface area contributed by atoms with Crippen LogP contribution in [0.1, 0.15) is 9.88 Å². The summed E-state index contributed by atoms with van der Waals surface area (Å²) in [5.41, 5.74) is 1.02. The predicted molar refractivity (Wildman–Crippen MR) is 74.9 cm³/mol. The molecule has 0 saturated carbocycles. The summed E-state index contributed by atoms with van der Waals surface area (Å²) in [5, 5.41) is 4.45. The van der Waals surface area contributed by atoms with Crippen LogP contribution in [0.5, 0.6) is 5.75 Å². The number of halogens is 1. The first-order valence-electron chi connectivity index (χ1n) is 5.18. The highest BCUT2D eigenvalue weighted by molar-refractivity contribution is 9.10. The van der Waals surface area contributed by atoms with Crippen LogP contribution in [0.15, 0.2) is 28.9 Å². The van der Waals surface area contributed by atoms with Gasteiger partial charge in [-0.25, -0.2) is 4.98 Å². The van der Waals surface area contributed by atoms with E-state index in [-0.39, 0.29) is 0 Å². The van der Waals surface area contributed by atoms with Crippen molar-refractivity contribution in [1.29, 1.82) is 0 Å². The van der Waals surface area contributed by atoms with E-state index in [9.17, 15) is 0 Å². The highest BCUT2D eigenvalue weighted by Crippen LogP contribution is 2.27. The second-order valence-electron chi connectivity index (χ2n) is 3.54. The number of nitrogens with one attached hydrogen (secondary N) is 1. The van der Waals surface area contributed by atoms with Gasteiger partial charge in [-0.05, 0) is 35.0 Å². The van der Waals surface area contributed by atoms with Crippen molar-refractivity contribution in [2.45, 2.75) is 13.5 Å². The molecule has 2 aromatic rings. The number of methoxy groups -OCH3 is 1. The molecule has 0 amide bonds. The van der Waals surface area contributed by atoms with Gasteiger partial charge >= 0.3 is 0 Å². The van der Waals surface area contributed by atoms with E-state index >= 15 is 0 Å². The minimum Gasteiger partial charge on any atom is -0.497 e. The average molecular weight is 313 g/mol. The van der Waals surface area contributed by atoms with E-state index in [4.69, 9.17) is 4.74 Å². The molecule has 1 aromatic carbocycles. The molecule has 5 heteroatoms. The van der Waals surface area contributed by atoms with E-state index in [0.29, 0.717) is 0 Å². The molecule has 0 aliphatic carbocycles. The van der Waals surface area contributed by atoms with Crippen LogP contribution in [0, 0.1) is 6.92 Å². The Kier molecular flexibility index (Phi) is 4.02. The van der Waals surface area contributed by atoms with E-state index in [1.165, 1.54) is 4.88 Å². The van der Waals surface area contributed by atoms with Crippen molar-refractivity contribution in [2.75, 3.05) is 12.4 Å². The number of aromatic nitrogens is 1. The molecule has 3 nitrogen and oxygen atoms in total. The largest absolute Gasteiger partial charge is 0.497 e. The number of rotatable bonds is 4. The molecule has 0 aliphatic heterocycles. The summed E-state index contributed by atoms with van der Waals surface area (Å²) in [6, 6.07) is 5.86. The third-order valence-corrected chi connectivity index (χ3v) is 3.90. The molecule has 1 N–H and O–H groups in total. The molecule has 0 aliphatic rings. The van der Waals surface area contributed by atoms with Crippen LogP contribution in [0.4, 0.5) is 5.69 Å². The fraction of sp³-hybridized carbons (Fsp3) is 0.250. The Bertz CT molecular complexity index is 513. The van der Waals surface area contributed by atoms with Crippen LogP contribution in [0.3, 0.4) is 0 Å². The third kappa shape index (κ3) is 3.20. The number of anilines is 1. The maximum atomic E-state index is 5.20. The molecule has 2 rings (SSSR count). The molecular formula is C12H13BrN2OS. The van der Waals surface area contributed by atoms with Crippen molar-refractivity contribution in [2.24, 2.45) is 0 Å². The molecule has 0 bridgehead atoms. The van der Waals surface area contributed by atoms with Gasteiger partial charge in [0.2, 0.25) is 0 Å². The fourth-order valence-corrected chi connectivity index (χ4v) is 2.56. The SMILES string of the molecule is COc1ccc(Br)c(NCc2cnc(C)s2)c1. The zero-order valence-corrected chi connectivity index (χ0v) is 12.1. The molecule has 0 spiro atoms. The zero-order chi connectivity index (χ0) is 12.3. The van der Waals surface area contributed by atoms with Gasteiger partial charge in [0.15, 0.2) is 0 Å². The normalized spacial score (nSPS) is 10.3. The Labute approximate surface area is 113 Å². The zero-order valence-electron chi connectivity index (χ0n) is 9.66. The maximum Gasteiger partial charge on any atom is 0.121 e. The average Bonchev–Trinajstić information content (AvgIpc) is 2.74. The van der Waals surface area contributed by atoms with Gasteiger partial charge in [-0.2, -0.15) is 0 Å². The number of aryl methyl sites for hydroxylation is 1. The first-order valence-corrected chi connectivity index (χ1v) is 6.78. The standard InChI is InChI=1S/C12H13BrN2OS/c1-8-14-6-10(17-8)7-15-12-5-9(16-2)3-4-11(12)13/h3-6,15H,7H2,1-2H3. The van der Waals surface area contributed by atoms with Crippen molar-refractivity contribution < 1.29 is 4.74 Å². The van der Waals surface area contributed by atoms with Crippen LogP contribution in [-0.4, -0.2) is 12.1 Å². The van der Waals surface area contributed by atoms with Crippen molar-refractivity contribution in [3.63, 3.8) is 0 Å². The maximum absolute atomic E-state index is 5.20. The van der Waals surface area contributed by atoms with Gasteiger partial charge < -0.3 is 10.1 Å². The predicted octanol–water partition coefficient (Wildman–Crippen LogP) is 3.83. The summed E-state index contributed by atoms with van der Waals surface area (Å²) in [6.07, 6.45) is 1.90. The second kappa shape index (κ2) is 5.51. The smallest absolute Gasteiger partial charge is 0.121 e. The first kappa shape index (κ1) is 12.4. The second-order valence-corrected chi connectivity index (χ2v) is 5.72. The summed E-state index contributed by atoms with van der Waals surface area (Å²) in [7, 11) is 1.67. The van der Waals surface area contributed by atoms with Gasteiger partial charge in [0.05, 0.1) is 24.3 Å². The van der Waals surface area contributed by atoms with Gasteiger partial charge in [-0.1, -0.05) is 0 Å². The molecular weight excluding hydrogens is 300 g/mol. The first-order chi connectivity index (χ1) is 8.19. The van der Waals surface area contributed by atoms with E-state index in [0.717, 1.165) is 27.5 Å². The highest BCUT2D eigenvalue weighted by atomic mass is 79.9. The van der Waals surface area contributed by atoms with E-state index in [1.54, 1.807) is 18.4 Å². The van der Waals surface area contributed by atoms with E-state index < -0.39 is 0 Å². The van der Waals surface area contributed by atoms with Crippen molar-refractivity contribution in [3.05, 3.63) is 38.8 Å². The molecule has 1 aromatic heterocycles. The van der Waals surface area contributed by atoms with Crippen LogP contribution in [0.2, 0.25) is 0 Å². The number of nitrogens with zero attached hydrogens (tertiary/aromatic N) is 1. The summed E-state index contributed by atoms with van der Waals surface area (Å²) in [4.78, 5) is 5.45. The van der Waals surface area contributed by atoms with Crippen molar-refractivity contribution in [1.82, 2.24) is 4.98 Å². The molecule has 0 radical (unpaired) electrons. The molecule has 0 fully saturated rings.